The van der Waals surface area contributed by atoms with Crippen molar-refractivity contribution in [2.45, 2.75) is 50.6 Å². The molecule has 0 aliphatic carbocycles. The smallest absolute Gasteiger partial charge is 0.264 e. The molecule has 3 aromatic rings. The van der Waals surface area contributed by atoms with E-state index in [4.69, 9.17) is 9.47 Å². The maximum atomic E-state index is 14.0. The molecule has 1 N–H and O–H groups in total. The molecule has 0 aliphatic rings. The van der Waals surface area contributed by atoms with Gasteiger partial charge in [0.2, 0.25) is 11.8 Å². The molecule has 2 atom stereocenters. The molecule has 0 radical (unpaired) electrons. The number of sulfonamides is 1. The first-order valence-electron chi connectivity index (χ1n) is 13.6. The fourth-order valence-electron chi connectivity index (χ4n) is 4.26. The number of methoxy groups -OCH3 is 2. The maximum Gasteiger partial charge on any atom is 0.264 e. The van der Waals surface area contributed by atoms with E-state index in [0.717, 1.165) is 16.3 Å². The van der Waals surface area contributed by atoms with Crippen molar-refractivity contribution in [1.82, 2.24) is 10.2 Å². The summed E-state index contributed by atoms with van der Waals surface area (Å²) < 4.78 is 39.6. The van der Waals surface area contributed by atoms with Crippen molar-refractivity contribution in [3.05, 3.63) is 84.4 Å². The first-order chi connectivity index (χ1) is 19.6. The zero-order valence-electron chi connectivity index (χ0n) is 24.2. The van der Waals surface area contributed by atoms with Crippen LogP contribution in [0.1, 0.15) is 32.8 Å². The van der Waals surface area contributed by atoms with E-state index in [1.54, 1.807) is 37.3 Å². The molecular formula is C31H39N3O6S. The van der Waals surface area contributed by atoms with Gasteiger partial charge in [-0.2, -0.15) is 0 Å². The zero-order valence-corrected chi connectivity index (χ0v) is 25.1. The molecule has 0 saturated carbocycles. The Morgan fingerprint density at radius 1 is 0.878 bits per heavy atom. The number of nitrogens with one attached hydrogen (secondary N) is 1. The number of nitrogens with zero attached hydrogens (tertiary/aromatic N) is 2. The summed E-state index contributed by atoms with van der Waals surface area (Å²) >= 11 is 0. The van der Waals surface area contributed by atoms with Crippen molar-refractivity contribution in [1.29, 1.82) is 0 Å². The molecule has 10 heteroatoms. The van der Waals surface area contributed by atoms with Crippen LogP contribution >= 0.6 is 0 Å². The van der Waals surface area contributed by atoms with Crippen molar-refractivity contribution in [2.75, 3.05) is 31.6 Å². The second-order valence-corrected chi connectivity index (χ2v) is 11.5. The molecule has 0 unspecified atom stereocenters. The quantitative estimate of drug-likeness (QED) is 0.305. The number of amides is 2. The number of carbonyl (C=O) groups is 2. The summed E-state index contributed by atoms with van der Waals surface area (Å²) in [6, 6.07) is 21.3. The minimum absolute atomic E-state index is 0.0287. The summed E-state index contributed by atoms with van der Waals surface area (Å²) in [5, 5.41) is 2.94. The van der Waals surface area contributed by atoms with E-state index in [9.17, 15) is 18.0 Å². The number of rotatable bonds is 14. The summed E-state index contributed by atoms with van der Waals surface area (Å²) in [4.78, 5) is 28.6. The van der Waals surface area contributed by atoms with Gasteiger partial charge in [-0.3, -0.25) is 13.9 Å². The molecule has 3 aromatic carbocycles. The first kappa shape index (κ1) is 31.5. The molecule has 0 aliphatic heterocycles. The minimum atomic E-state index is -4.17. The number of hydrogen-bond donors (Lipinski definition) is 1. The Morgan fingerprint density at radius 2 is 1.49 bits per heavy atom. The number of hydrogen-bond acceptors (Lipinski definition) is 6. The van der Waals surface area contributed by atoms with Crippen LogP contribution in [-0.2, 0) is 26.0 Å². The van der Waals surface area contributed by atoms with Crippen molar-refractivity contribution < 1.29 is 27.5 Å². The van der Waals surface area contributed by atoms with Crippen LogP contribution in [0.4, 0.5) is 5.69 Å². The largest absolute Gasteiger partial charge is 0.493 e. The second kappa shape index (κ2) is 14.5. The Kier molecular flexibility index (Phi) is 11.2. The Balaban J connectivity index is 2.02. The van der Waals surface area contributed by atoms with E-state index >= 15 is 0 Å². The van der Waals surface area contributed by atoms with Gasteiger partial charge < -0.3 is 19.7 Å². The van der Waals surface area contributed by atoms with Gasteiger partial charge in [-0.1, -0.05) is 55.5 Å². The molecule has 0 spiro atoms. The van der Waals surface area contributed by atoms with Crippen LogP contribution in [0.25, 0.3) is 0 Å². The normalized spacial score (nSPS) is 12.6. The number of anilines is 1. The fraction of sp³-hybridized carbons (Fsp3) is 0.355. The summed E-state index contributed by atoms with van der Waals surface area (Å²) in [6.45, 7) is 5.22. The predicted octanol–water partition coefficient (Wildman–Crippen LogP) is 4.27. The van der Waals surface area contributed by atoms with Crippen LogP contribution in [0, 0.1) is 0 Å². The average Bonchev–Trinajstić information content (AvgIpc) is 3.00. The highest BCUT2D eigenvalue weighted by molar-refractivity contribution is 7.92. The third-order valence-electron chi connectivity index (χ3n) is 6.92. The van der Waals surface area contributed by atoms with Crippen LogP contribution in [0.15, 0.2) is 83.8 Å². The van der Waals surface area contributed by atoms with E-state index in [-0.39, 0.29) is 29.1 Å². The topological polar surface area (TPSA) is 105 Å². The van der Waals surface area contributed by atoms with E-state index in [1.165, 1.54) is 37.3 Å². The summed E-state index contributed by atoms with van der Waals surface area (Å²) in [6.07, 6.45) is 1.23. The van der Waals surface area contributed by atoms with Gasteiger partial charge in [0, 0.05) is 18.7 Å². The van der Waals surface area contributed by atoms with Crippen LogP contribution in [0.2, 0.25) is 0 Å². The van der Waals surface area contributed by atoms with Crippen LogP contribution in [0.3, 0.4) is 0 Å². The molecule has 0 saturated heterocycles. The summed E-state index contributed by atoms with van der Waals surface area (Å²) in [5.74, 6) is -0.0845. The van der Waals surface area contributed by atoms with Gasteiger partial charge in [0.05, 0.1) is 24.8 Å². The van der Waals surface area contributed by atoms with Gasteiger partial charge in [-0.05, 0) is 56.5 Å². The lowest BCUT2D eigenvalue weighted by atomic mass is 10.1. The molecule has 2 amide bonds. The highest BCUT2D eigenvalue weighted by Crippen LogP contribution is 2.34. The van der Waals surface area contributed by atoms with Crippen LogP contribution < -0.4 is 19.1 Å². The molecule has 3 rings (SSSR count). The van der Waals surface area contributed by atoms with E-state index < -0.39 is 28.5 Å². The van der Waals surface area contributed by atoms with Crippen LogP contribution in [-0.4, -0.2) is 64.5 Å². The number of benzene rings is 3. The number of carbonyl (C=O) groups excluding carboxylic acids is 2. The fourth-order valence-corrected chi connectivity index (χ4v) is 5.69. The lowest BCUT2D eigenvalue weighted by Crippen LogP contribution is -2.53. The van der Waals surface area contributed by atoms with E-state index in [2.05, 4.69) is 5.32 Å². The minimum Gasteiger partial charge on any atom is -0.493 e. The molecule has 220 valence electrons. The highest BCUT2D eigenvalue weighted by atomic mass is 32.2. The van der Waals surface area contributed by atoms with Crippen LogP contribution in [0.5, 0.6) is 11.5 Å². The molecule has 0 bridgehead atoms. The van der Waals surface area contributed by atoms with Crippen molar-refractivity contribution in [3.63, 3.8) is 0 Å². The molecule has 0 fully saturated rings. The Morgan fingerprint density at radius 3 is 2.07 bits per heavy atom. The summed E-state index contributed by atoms with van der Waals surface area (Å²) in [5.41, 5.74) is 1.22. The lowest BCUT2D eigenvalue weighted by Gasteiger charge is -2.32. The Labute approximate surface area is 243 Å². The Hall–Kier alpha value is -4.05. The maximum absolute atomic E-state index is 14.0. The highest BCUT2D eigenvalue weighted by Gasteiger charge is 2.33. The van der Waals surface area contributed by atoms with E-state index in [0.29, 0.717) is 17.9 Å². The van der Waals surface area contributed by atoms with Crippen molar-refractivity contribution >= 4 is 27.5 Å². The third kappa shape index (κ3) is 8.00. The van der Waals surface area contributed by atoms with Gasteiger partial charge in [0.25, 0.3) is 10.0 Å². The van der Waals surface area contributed by atoms with Gasteiger partial charge in [0.1, 0.15) is 12.6 Å². The second-order valence-electron chi connectivity index (χ2n) is 9.68. The van der Waals surface area contributed by atoms with Gasteiger partial charge in [0.15, 0.2) is 11.5 Å². The predicted molar refractivity (Wildman–Crippen MR) is 160 cm³/mol. The molecule has 41 heavy (non-hydrogen) atoms. The third-order valence-corrected chi connectivity index (χ3v) is 8.71. The molecule has 0 aromatic heterocycles. The molecule has 0 heterocycles. The van der Waals surface area contributed by atoms with Gasteiger partial charge in [-0.25, -0.2) is 8.42 Å². The van der Waals surface area contributed by atoms with Crippen molar-refractivity contribution in [2.24, 2.45) is 0 Å². The number of ether oxygens (including phenoxy) is 2. The average molecular weight is 582 g/mol. The lowest BCUT2D eigenvalue weighted by molar-refractivity contribution is -0.139. The zero-order chi connectivity index (χ0) is 30.0. The monoisotopic (exact) mass is 581 g/mol. The van der Waals surface area contributed by atoms with Crippen molar-refractivity contribution in [3.8, 4) is 11.5 Å². The standard InChI is InChI=1S/C31H39N3O6S/c1-6-23(2)32-31(36)24(3)33(20-19-25-13-9-7-10-14-25)30(35)22-34(41(37,38)27-15-11-8-12-16-27)26-17-18-28(39-4)29(21-26)40-5/h7-18,21,23-24H,6,19-20,22H2,1-5H3,(H,32,36)/t23-,24+/m1/s1. The SMILES string of the molecule is CC[C@@H](C)NC(=O)[C@H](C)N(CCc1ccccc1)C(=O)CN(c1ccc(OC)c(OC)c1)S(=O)(=O)c1ccccc1. The Bertz CT molecular complexity index is 1400. The first-order valence-corrected chi connectivity index (χ1v) is 15.0. The van der Waals surface area contributed by atoms with Gasteiger partial charge in [-0.15, -0.1) is 0 Å². The summed E-state index contributed by atoms with van der Waals surface area (Å²) in [7, 11) is -1.24. The van der Waals surface area contributed by atoms with E-state index in [1.807, 2.05) is 44.2 Å². The van der Waals surface area contributed by atoms with Gasteiger partial charge >= 0.3 is 0 Å². The molecular weight excluding hydrogens is 542 g/mol. The molecule has 9 nitrogen and oxygen atoms in total.